The SMILES string of the molecule is Cn1c(=O)c2ccc([C@@H]3CCN(C(=O)C4CCCCC4)C3)nc2n(Cc2ccccc2)c1=O. The molecule has 1 amide bonds. The lowest BCUT2D eigenvalue weighted by Crippen LogP contribution is -2.39. The summed E-state index contributed by atoms with van der Waals surface area (Å²) in [5.74, 6) is 0.570. The van der Waals surface area contributed by atoms with Gasteiger partial charge in [-0.3, -0.25) is 18.7 Å². The average Bonchev–Trinajstić information content (AvgIpc) is 3.36. The summed E-state index contributed by atoms with van der Waals surface area (Å²) in [7, 11) is 1.51. The lowest BCUT2D eigenvalue weighted by atomic mass is 9.88. The molecule has 1 saturated carbocycles. The second-order valence-electron chi connectivity index (χ2n) is 9.43. The lowest BCUT2D eigenvalue weighted by Gasteiger charge is -2.26. The van der Waals surface area contributed by atoms with Gasteiger partial charge in [0.15, 0.2) is 0 Å². The van der Waals surface area contributed by atoms with Crippen LogP contribution >= 0.6 is 0 Å². The third kappa shape index (κ3) is 4.12. The molecule has 1 saturated heterocycles. The van der Waals surface area contributed by atoms with Gasteiger partial charge in [-0.2, -0.15) is 0 Å². The summed E-state index contributed by atoms with van der Waals surface area (Å²) >= 11 is 0. The lowest BCUT2D eigenvalue weighted by molar-refractivity contribution is -0.135. The van der Waals surface area contributed by atoms with E-state index in [1.165, 1.54) is 13.5 Å². The van der Waals surface area contributed by atoms with Crippen LogP contribution < -0.4 is 11.2 Å². The minimum absolute atomic E-state index is 0.117. The van der Waals surface area contributed by atoms with Gasteiger partial charge in [-0.15, -0.1) is 0 Å². The molecule has 3 heterocycles. The quantitative estimate of drug-likeness (QED) is 0.617. The molecule has 7 heteroatoms. The van der Waals surface area contributed by atoms with Crippen LogP contribution in [0, 0.1) is 5.92 Å². The van der Waals surface area contributed by atoms with Crippen molar-refractivity contribution in [1.29, 1.82) is 0 Å². The number of carbonyl (C=O) groups is 1. The van der Waals surface area contributed by atoms with Crippen LogP contribution in [0.2, 0.25) is 0 Å². The van der Waals surface area contributed by atoms with Crippen molar-refractivity contribution < 1.29 is 4.79 Å². The van der Waals surface area contributed by atoms with Crippen molar-refractivity contribution in [3.05, 3.63) is 74.6 Å². The molecule has 0 radical (unpaired) electrons. The first-order valence-electron chi connectivity index (χ1n) is 12.0. The zero-order valence-electron chi connectivity index (χ0n) is 19.1. The highest BCUT2D eigenvalue weighted by molar-refractivity contribution is 5.79. The molecule has 1 aromatic carbocycles. The van der Waals surface area contributed by atoms with E-state index in [4.69, 9.17) is 4.98 Å². The van der Waals surface area contributed by atoms with Gasteiger partial charge in [-0.25, -0.2) is 9.78 Å². The van der Waals surface area contributed by atoms with Crippen molar-refractivity contribution in [3.8, 4) is 0 Å². The monoisotopic (exact) mass is 446 g/mol. The minimum atomic E-state index is -0.374. The molecule has 172 valence electrons. The predicted octanol–water partition coefficient (Wildman–Crippen LogP) is 3.04. The van der Waals surface area contributed by atoms with Crippen molar-refractivity contribution in [3.63, 3.8) is 0 Å². The Kier molecular flexibility index (Phi) is 5.87. The Bertz CT molecular complexity index is 1290. The predicted molar refractivity (Wildman–Crippen MR) is 127 cm³/mol. The fraction of sp³-hybridized carbons (Fsp3) is 0.462. The number of nitrogens with zero attached hydrogens (tertiary/aromatic N) is 4. The second-order valence-corrected chi connectivity index (χ2v) is 9.43. The molecule has 0 bridgehead atoms. The molecular weight excluding hydrogens is 416 g/mol. The standard InChI is InChI=1S/C26H30N4O3/c1-28-25(32)21-12-13-22(20-14-15-29(17-20)24(31)19-10-6-3-7-11-19)27-23(21)30(26(28)33)16-18-8-4-2-5-9-18/h2,4-5,8-9,12-13,19-20H,3,6-7,10-11,14-17H2,1H3/t20-/m1/s1. The zero-order chi connectivity index (χ0) is 22.9. The average molecular weight is 447 g/mol. The molecule has 0 spiro atoms. The van der Waals surface area contributed by atoms with E-state index in [0.29, 0.717) is 24.1 Å². The Labute approximate surface area is 192 Å². The van der Waals surface area contributed by atoms with Crippen LogP contribution in [0.1, 0.15) is 55.7 Å². The summed E-state index contributed by atoms with van der Waals surface area (Å²) in [6.07, 6.45) is 6.39. The van der Waals surface area contributed by atoms with Crippen LogP contribution in [0.15, 0.2) is 52.1 Å². The number of likely N-dealkylation sites (tertiary alicyclic amines) is 1. The molecule has 0 N–H and O–H groups in total. The third-order valence-corrected chi connectivity index (χ3v) is 7.26. The number of carbonyl (C=O) groups excluding carboxylic acids is 1. The van der Waals surface area contributed by atoms with Crippen molar-refractivity contribution in [1.82, 2.24) is 19.0 Å². The first-order valence-corrected chi connectivity index (χ1v) is 12.0. The Morgan fingerprint density at radius 3 is 2.52 bits per heavy atom. The molecule has 3 aromatic rings. The van der Waals surface area contributed by atoms with Gasteiger partial charge in [-0.05, 0) is 37.0 Å². The minimum Gasteiger partial charge on any atom is -0.342 e. The first-order chi connectivity index (χ1) is 16.0. The highest BCUT2D eigenvalue weighted by atomic mass is 16.2. The molecule has 1 atom stereocenters. The van der Waals surface area contributed by atoms with E-state index < -0.39 is 0 Å². The molecule has 33 heavy (non-hydrogen) atoms. The van der Waals surface area contributed by atoms with Crippen LogP contribution in [0.25, 0.3) is 11.0 Å². The Balaban J connectivity index is 1.47. The number of rotatable bonds is 4. The Morgan fingerprint density at radius 2 is 1.76 bits per heavy atom. The Hall–Kier alpha value is -3.22. The number of amides is 1. The van der Waals surface area contributed by atoms with E-state index in [1.807, 2.05) is 41.3 Å². The van der Waals surface area contributed by atoms with Crippen LogP contribution in [0.3, 0.4) is 0 Å². The molecule has 2 fully saturated rings. The summed E-state index contributed by atoms with van der Waals surface area (Å²) in [5.41, 5.74) is 1.52. The smallest absolute Gasteiger partial charge is 0.332 e. The second kappa shape index (κ2) is 8.96. The normalized spacial score (nSPS) is 19.3. The topological polar surface area (TPSA) is 77.2 Å². The molecule has 5 rings (SSSR count). The van der Waals surface area contributed by atoms with Gasteiger partial charge in [0, 0.05) is 37.7 Å². The maximum atomic E-state index is 13.0. The number of aromatic nitrogens is 3. The van der Waals surface area contributed by atoms with Gasteiger partial charge in [0.2, 0.25) is 5.91 Å². The zero-order valence-corrected chi connectivity index (χ0v) is 19.1. The van der Waals surface area contributed by atoms with Gasteiger partial charge in [0.05, 0.1) is 11.9 Å². The van der Waals surface area contributed by atoms with Gasteiger partial charge < -0.3 is 4.90 Å². The number of hydrogen-bond donors (Lipinski definition) is 0. The molecule has 2 aliphatic rings. The number of hydrogen-bond acceptors (Lipinski definition) is 4. The summed E-state index contributed by atoms with van der Waals surface area (Å²) in [6.45, 7) is 1.74. The summed E-state index contributed by atoms with van der Waals surface area (Å²) in [5, 5.41) is 0.435. The van der Waals surface area contributed by atoms with Crippen molar-refractivity contribution >= 4 is 16.9 Å². The first kappa shape index (κ1) is 21.6. The maximum absolute atomic E-state index is 13.0. The van der Waals surface area contributed by atoms with E-state index >= 15 is 0 Å². The number of pyridine rings is 1. The van der Waals surface area contributed by atoms with Gasteiger partial charge in [-0.1, -0.05) is 49.6 Å². The van der Waals surface area contributed by atoms with Gasteiger partial charge in [0.25, 0.3) is 5.56 Å². The van der Waals surface area contributed by atoms with Crippen molar-refractivity contribution in [2.45, 2.75) is 51.0 Å². The fourth-order valence-electron chi connectivity index (χ4n) is 5.32. The molecule has 7 nitrogen and oxygen atoms in total. The highest BCUT2D eigenvalue weighted by Gasteiger charge is 2.33. The largest absolute Gasteiger partial charge is 0.342 e. The van der Waals surface area contributed by atoms with Crippen LogP contribution in [0.5, 0.6) is 0 Å². The summed E-state index contributed by atoms with van der Waals surface area (Å²) < 4.78 is 2.72. The van der Waals surface area contributed by atoms with Crippen LogP contribution in [-0.4, -0.2) is 38.0 Å². The van der Waals surface area contributed by atoms with Crippen molar-refractivity contribution in [2.75, 3.05) is 13.1 Å². The number of benzene rings is 1. The molecule has 0 unspecified atom stereocenters. The highest BCUT2D eigenvalue weighted by Crippen LogP contribution is 2.31. The van der Waals surface area contributed by atoms with Crippen LogP contribution in [0.4, 0.5) is 0 Å². The van der Waals surface area contributed by atoms with Crippen LogP contribution in [-0.2, 0) is 18.4 Å². The van der Waals surface area contributed by atoms with E-state index in [2.05, 4.69) is 0 Å². The van der Waals surface area contributed by atoms with E-state index in [-0.39, 0.29) is 29.0 Å². The summed E-state index contributed by atoms with van der Waals surface area (Å²) in [6, 6.07) is 13.4. The maximum Gasteiger partial charge on any atom is 0.332 e. The summed E-state index contributed by atoms with van der Waals surface area (Å²) in [4.78, 5) is 45.6. The van der Waals surface area contributed by atoms with E-state index in [9.17, 15) is 14.4 Å². The third-order valence-electron chi connectivity index (χ3n) is 7.26. The molecular formula is C26H30N4O3. The van der Waals surface area contributed by atoms with Gasteiger partial charge in [0.1, 0.15) is 5.65 Å². The Morgan fingerprint density at radius 1 is 1.00 bits per heavy atom. The molecule has 2 aromatic heterocycles. The van der Waals surface area contributed by atoms with Gasteiger partial charge >= 0.3 is 5.69 Å². The molecule has 1 aliphatic heterocycles. The molecule has 1 aliphatic carbocycles. The van der Waals surface area contributed by atoms with E-state index in [0.717, 1.165) is 54.5 Å². The van der Waals surface area contributed by atoms with E-state index in [1.54, 1.807) is 10.6 Å². The number of fused-ring (bicyclic) bond motifs is 1. The van der Waals surface area contributed by atoms with Crippen molar-refractivity contribution in [2.24, 2.45) is 13.0 Å². The fourth-order valence-corrected chi connectivity index (χ4v) is 5.32.